The summed E-state index contributed by atoms with van der Waals surface area (Å²) in [5.74, 6) is 0.525. The lowest BCUT2D eigenvalue weighted by atomic mass is 10.1. The zero-order valence-electron chi connectivity index (χ0n) is 9.00. The lowest BCUT2D eigenvalue weighted by molar-refractivity contribution is -0.130. The Morgan fingerprint density at radius 1 is 1.23 bits per heavy atom. The van der Waals surface area contributed by atoms with Crippen molar-refractivity contribution in [1.29, 1.82) is 0 Å². The van der Waals surface area contributed by atoms with Crippen molar-refractivity contribution in [2.45, 2.75) is 40.2 Å². The maximum Gasteiger partial charge on any atom is 0.248 e. The lowest BCUT2D eigenvalue weighted by Gasteiger charge is -2.14. The van der Waals surface area contributed by atoms with E-state index in [2.05, 4.69) is 5.32 Å². The molecule has 0 radical (unpaired) electrons. The van der Waals surface area contributed by atoms with Gasteiger partial charge in [-0.25, -0.2) is 0 Å². The molecule has 0 unspecified atom stereocenters. The van der Waals surface area contributed by atoms with Gasteiger partial charge in [-0.1, -0.05) is 27.7 Å². The second kappa shape index (κ2) is 5.97. The minimum absolute atomic E-state index is 0.248. The number of hydrogen-bond donors (Lipinski definition) is 2. The molecule has 0 saturated carbocycles. The van der Waals surface area contributed by atoms with Gasteiger partial charge in [0.25, 0.3) is 0 Å². The number of carbonyl (C=O) groups is 1. The monoisotopic (exact) mass is 187 g/mol. The Labute approximate surface area is 80.5 Å². The summed E-state index contributed by atoms with van der Waals surface area (Å²) in [4.78, 5) is 11.2. The quantitative estimate of drug-likeness (QED) is 0.678. The number of aliphatic hydroxyl groups excluding tert-OH is 1. The van der Waals surface area contributed by atoms with Crippen LogP contribution in [-0.4, -0.2) is 23.7 Å². The van der Waals surface area contributed by atoms with Gasteiger partial charge in [-0.15, -0.1) is 0 Å². The number of nitrogens with one attached hydrogen (secondary N) is 1. The predicted molar refractivity (Wildman–Crippen MR) is 53.3 cm³/mol. The van der Waals surface area contributed by atoms with Crippen LogP contribution in [0.4, 0.5) is 0 Å². The maximum absolute atomic E-state index is 11.2. The van der Waals surface area contributed by atoms with Gasteiger partial charge in [0.1, 0.15) is 6.10 Å². The molecule has 0 spiro atoms. The minimum Gasteiger partial charge on any atom is -0.383 e. The molecule has 3 nitrogen and oxygen atoms in total. The molecule has 0 aliphatic heterocycles. The minimum atomic E-state index is -0.848. The number of aliphatic hydroxyl groups is 1. The third-order valence-corrected chi connectivity index (χ3v) is 1.68. The molecule has 0 aromatic rings. The van der Waals surface area contributed by atoms with Crippen molar-refractivity contribution in [1.82, 2.24) is 5.32 Å². The molecule has 3 heteroatoms. The first-order valence-electron chi connectivity index (χ1n) is 4.89. The van der Waals surface area contributed by atoms with Gasteiger partial charge in [-0.05, 0) is 18.3 Å². The first-order valence-corrected chi connectivity index (χ1v) is 4.89. The highest BCUT2D eigenvalue weighted by atomic mass is 16.3. The Kier molecular flexibility index (Phi) is 5.71. The SMILES string of the molecule is CC(C)CNC(=O)[C@@H](O)CC(C)C. The van der Waals surface area contributed by atoms with E-state index in [4.69, 9.17) is 0 Å². The van der Waals surface area contributed by atoms with Crippen molar-refractivity contribution >= 4 is 5.91 Å². The standard InChI is InChI=1S/C10H21NO2/c1-7(2)5-9(12)10(13)11-6-8(3)4/h7-9,12H,5-6H2,1-4H3,(H,11,13)/t9-/m0/s1. The molecule has 2 N–H and O–H groups in total. The topological polar surface area (TPSA) is 49.3 Å². The van der Waals surface area contributed by atoms with Gasteiger partial charge in [0.05, 0.1) is 0 Å². The van der Waals surface area contributed by atoms with Crippen LogP contribution in [0.2, 0.25) is 0 Å². The molecule has 0 fully saturated rings. The van der Waals surface area contributed by atoms with E-state index in [1.165, 1.54) is 0 Å². The summed E-state index contributed by atoms with van der Waals surface area (Å²) in [7, 11) is 0. The van der Waals surface area contributed by atoms with Crippen LogP contribution in [0.1, 0.15) is 34.1 Å². The second-order valence-electron chi connectivity index (χ2n) is 4.28. The average molecular weight is 187 g/mol. The van der Waals surface area contributed by atoms with Crippen LogP contribution in [-0.2, 0) is 4.79 Å². The highest BCUT2D eigenvalue weighted by Crippen LogP contribution is 2.04. The molecule has 0 saturated heterocycles. The van der Waals surface area contributed by atoms with Crippen LogP contribution in [0.15, 0.2) is 0 Å². The van der Waals surface area contributed by atoms with Gasteiger partial charge >= 0.3 is 0 Å². The number of amides is 1. The van der Waals surface area contributed by atoms with E-state index in [1.807, 2.05) is 27.7 Å². The molecule has 0 aromatic carbocycles. The van der Waals surface area contributed by atoms with Crippen molar-refractivity contribution in [3.05, 3.63) is 0 Å². The van der Waals surface area contributed by atoms with Crippen LogP contribution in [0.25, 0.3) is 0 Å². The van der Waals surface area contributed by atoms with Crippen LogP contribution in [0, 0.1) is 11.8 Å². The van der Waals surface area contributed by atoms with E-state index >= 15 is 0 Å². The molecule has 13 heavy (non-hydrogen) atoms. The van der Waals surface area contributed by atoms with E-state index in [0.29, 0.717) is 24.8 Å². The van der Waals surface area contributed by atoms with Crippen LogP contribution in [0.5, 0.6) is 0 Å². The maximum atomic E-state index is 11.2. The zero-order chi connectivity index (χ0) is 10.4. The molecule has 0 aromatic heterocycles. The largest absolute Gasteiger partial charge is 0.383 e. The van der Waals surface area contributed by atoms with Crippen molar-refractivity contribution < 1.29 is 9.90 Å². The van der Waals surface area contributed by atoms with Gasteiger partial charge in [-0.3, -0.25) is 4.79 Å². The van der Waals surface area contributed by atoms with Crippen molar-refractivity contribution in [3.63, 3.8) is 0 Å². The third kappa shape index (κ3) is 6.58. The summed E-state index contributed by atoms with van der Waals surface area (Å²) >= 11 is 0. The van der Waals surface area contributed by atoms with E-state index in [9.17, 15) is 9.90 Å². The number of rotatable bonds is 5. The van der Waals surface area contributed by atoms with Crippen molar-refractivity contribution in [2.24, 2.45) is 11.8 Å². The highest BCUT2D eigenvalue weighted by Gasteiger charge is 2.15. The Bertz CT molecular complexity index is 155. The molecular weight excluding hydrogens is 166 g/mol. The summed E-state index contributed by atoms with van der Waals surface area (Å²) in [6.45, 7) is 8.65. The molecule has 0 aliphatic carbocycles. The zero-order valence-corrected chi connectivity index (χ0v) is 9.00. The molecule has 0 aliphatic rings. The number of carbonyl (C=O) groups excluding carboxylic acids is 1. The lowest BCUT2D eigenvalue weighted by Crippen LogP contribution is -2.37. The Hall–Kier alpha value is -0.570. The normalized spacial score (nSPS) is 13.5. The summed E-state index contributed by atoms with van der Waals surface area (Å²) in [6.07, 6.45) is -0.317. The van der Waals surface area contributed by atoms with Crippen molar-refractivity contribution in [2.75, 3.05) is 6.54 Å². The molecule has 1 amide bonds. The van der Waals surface area contributed by atoms with Gasteiger partial charge in [0, 0.05) is 6.54 Å². The van der Waals surface area contributed by atoms with Crippen molar-refractivity contribution in [3.8, 4) is 0 Å². The van der Waals surface area contributed by atoms with Gasteiger partial charge in [0.15, 0.2) is 0 Å². The molecule has 0 heterocycles. The van der Waals surface area contributed by atoms with Crippen LogP contribution in [0.3, 0.4) is 0 Å². The molecule has 78 valence electrons. The van der Waals surface area contributed by atoms with Crippen LogP contribution >= 0.6 is 0 Å². The first kappa shape index (κ1) is 12.4. The Balaban J connectivity index is 3.69. The second-order valence-corrected chi connectivity index (χ2v) is 4.28. The van der Waals surface area contributed by atoms with Gasteiger partial charge < -0.3 is 10.4 Å². The summed E-state index contributed by atoms with van der Waals surface area (Å²) in [6, 6.07) is 0. The summed E-state index contributed by atoms with van der Waals surface area (Å²) < 4.78 is 0. The Morgan fingerprint density at radius 3 is 2.15 bits per heavy atom. The molecule has 1 atom stereocenters. The summed E-state index contributed by atoms with van der Waals surface area (Å²) in [5, 5.41) is 12.1. The van der Waals surface area contributed by atoms with Crippen LogP contribution < -0.4 is 5.32 Å². The van der Waals surface area contributed by atoms with E-state index in [1.54, 1.807) is 0 Å². The fourth-order valence-corrected chi connectivity index (χ4v) is 0.976. The highest BCUT2D eigenvalue weighted by molar-refractivity contribution is 5.80. The fraction of sp³-hybridized carbons (Fsp3) is 0.900. The average Bonchev–Trinajstić information content (AvgIpc) is 1.98. The number of hydrogen-bond acceptors (Lipinski definition) is 2. The van der Waals surface area contributed by atoms with E-state index in [0.717, 1.165) is 0 Å². The molecule has 0 bridgehead atoms. The van der Waals surface area contributed by atoms with E-state index < -0.39 is 6.10 Å². The predicted octanol–water partition coefficient (Wildman–Crippen LogP) is 1.17. The van der Waals surface area contributed by atoms with Gasteiger partial charge in [-0.2, -0.15) is 0 Å². The molecule has 0 rings (SSSR count). The Morgan fingerprint density at radius 2 is 1.77 bits per heavy atom. The molecular formula is C10H21NO2. The summed E-state index contributed by atoms with van der Waals surface area (Å²) in [5.41, 5.74) is 0. The fourth-order valence-electron chi connectivity index (χ4n) is 0.976. The third-order valence-electron chi connectivity index (χ3n) is 1.68. The van der Waals surface area contributed by atoms with E-state index in [-0.39, 0.29) is 5.91 Å². The first-order chi connectivity index (χ1) is 5.93. The van der Waals surface area contributed by atoms with Gasteiger partial charge in [0.2, 0.25) is 5.91 Å². The smallest absolute Gasteiger partial charge is 0.248 e.